The third-order valence-electron chi connectivity index (χ3n) is 9.67. The van der Waals surface area contributed by atoms with Gasteiger partial charge in [0.15, 0.2) is 0 Å². The number of carbonyl (C=O) groups excluding carboxylic acids is 3. The molecule has 0 aromatic heterocycles. The van der Waals surface area contributed by atoms with E-state index in [4.69, 9.17) is 11.6 Å². The number of anilines is 1. The van der Waals surface area contributed by atoms with Crippen LogP contribution in [-0.4, -0.2) is 74.9 Å². The number of aliphatic hydroxyl groups excluding tert-OH is 1. The van der Waals surface area contributed by atoms with Crippen LogP contribution >= 0.6 is 23.4 Å². The number of para-hydroxylation sites is 1. The number of amides is 3. The fourth-order valence-electron chi connectivity index (χ4n) is 7.73. The number of aliphatic hydroxyl groups is 1. The van der Waals surface area contributed by atoms with Gasteiger partial charge in [-0.1, -0.05) is 86.0 Å². The Hall–Kier alpha value is -3.07. The van der Waals surface area contributed by atoms with E-state index in [1.54, 1.807) is 39.8 Å². The first kappa shape index (κ1) is 33.3. The summed E-state index contributed by atoms with van der Waals surface area (Å²) in [7, 11) is 0. The van der Waals surface area contributed by atoms with Crippen LogP contribution in [0.15, 0.2) is 79.9 Å². The van der Waals surface area contributed by atoms with Crippen LogP contribution in [0.1, 0.15) is 44.6 Å². The van der Waals surface area contributed by atoms with Crippen molar-refractivity contribution in [1.29, 1.82) is 0 Å². The number of nitrogens with zero attached hydrogens (tertiary/aromatic N) is 3. The van der Waals surface area contributed by atoms with Crippen molar-refractivity contribution in [2.45, 2.75) is 61.6 Å². The Labute approximate surface area is 276 Å². The number of likely N-dealkylation sites (tertiary alicyclic amines) is 1. The molecule has 1 N–H and O–H groups in total. The molecule has 5 rings (SSSR count). The van der Waals surface area contributed by atoms with Crippen molar-refractivity contribution >= 4 is 46.8 Å². The van der Waals surface area contributed by atoms with Gasteiger partial charge in [0.1, 0.15) is 6.04 Å². The van der Waals surface area contributed by atoms with Crippen molar-refractivity contribution in [3.05, 3.63) is 90.5 Å². The number of halogens is 1. The molecule has 3 amide bonds. The molecule has 3 saturated heterocycles. The van der Waals surface area contributed by atoms with Crippen LogP contribution in [0.3, 0.4) is 0 Å². The maximum atomic E-state index is 14.9. The van der Waals surface area contributed by atoms with Crippen LogP contribution in [0.2, 0.25) is 5.02 Å². The molecular formula is C36H44ClN3O4S. The normalized spacial score (nSPS) is 26.5. The van der Waals surface area contributed by atoms with Crippen molar-refractivity contribution in [3.63, 3.8) is 0 Å². The van der Waals surface area contributed by atoms with E-state index in [2.05, 4.69) is 20.1 Å². The lowest BCUT2D eigenvalue weighted by Crippen LogP contribution is -2.57. The minimum Gasteiger partial charge on any atom is -0.396 e. The average Bonchev–Trinajstić information content (AvgIpc) is 3.63. The lowest BCUT2D eigenvalue weighted by molar-refractivity contribution is -0.144. The van der Waals surface area contributed by atoms with Gasteiger partial charge in [0.25, 0.3) is 5.91 Å². The molecule has 2 aromatic rings. The lowest BCUT2D eigenvalue weighted by Gasteiger charge is -2.41. The van der Waals surface area contributed by atoms with E-state index >= 15 is 0 Å². The van der Waals surface area contributed by atoms with E-state index < -0.39 is 22.6 Å². The van der Waals surface area contributed by atoms with Crippen LogP contribution in [-0.2, 0) is 20.9 Å². The molecule has 2 aromatic carbocycles. The fourth-order valence-corrected chi connectivity index (χ4v) is 10.4. The molecule has 3 heterocycles. The number of hydrogen-bond donors (Lipinski definition) is 1. The SMILES string of the molecule is C=CCN(Cc1ccccc1)C(=O)[C@@H]1[C@@H]2CC(C)C3(S2)C(C(=O)N(CC=C)c2ccccc2Cl)N(CCCCCCO)C(=O)[C@H]13. The smallest absolute Gasteiger partial charge is 0.251 e. The van der Waals surface area contributed by atoms with Crippen LogP contribution in [0.25, 0.3) is 0 Å². The highest BCUT2D eigenvalue weighted by Crippen LogP contribution is 2.69. The van der Waals surface area contributed by atoms with Gasteiger partial charge in [-0.3, -0.25) is 14.4 Å². The van der Waals surface area contributed by atoms with Crippen molar-refractivity contribution in [2.75, 3.05) is 31.1 Å². The summed E-state index contributed by atoms with van der Waals surface area (Å²) in [6, 6.07) is 16.4. The molecule has 0 aliphatic carbocycles. The predicted octanol–water partition coefficient (Wildman–Crippen LogP) is 5.96. The zero-order valence-electron chi connectivity index (χ0n) is 26.0. The third-order valence-corrected chi connectivity index (χ3v) is 12.1. The number of carbonyl (C=O) groups is 3. The number of hydrogen-bond acceptors (Lipinski definition) is 5. The molecule has 9 heteroatoms. The molecule has 7 nitrogen and oxygen atoms in total. The van der Waals surface area contributed by atoms with Gasteiger partial charge >= 0.3 is 0 Å². The summed E-state index contributed by atoms with van der Waals surface area (Å²) in [5, 5.41) is 9.66. The summed E-state index contributed by atoms with van der Waals surface area (Å²) in [5.74, 6) is -1.41. The summed E-state index contributed by atoms with van der Waals surface area (Å²) in [5.41, 5.74) is 1.60. The Bertz CT molecular complexity index is 1410. The summed E-state index contributed by atoms with van der Waals surface area (Å²) >= 11 is 8.31. The van der Waals surface area contributed by atoms with Gasteiger partial charge < -0.3 is 19.8 Å². The molecule has 3 fully saturated rings. The molecule has 6 atom stereocenters. The van der Waals surface area contributed by atoms with E-state index in [1.165, 1.54) is 0 Å². The van der Waals surface area contributed by atoms with E-state index in [-0.39, 0.29) is 42.0 Å². The highest BCUT2D eigenvalue weighted by atomic mass is 35.5. The molecule has 3 aliphatic heterocycles. The molecule has 1 spiro atoms. The first-order valence-electron chi connectivity index (χ1n) is 16.0. The molecule has 3 unspecified atom stereocenters. The summed E-state index contributed by atoms with van der Waals surface area (Å²) in [6.45, 7) is 11.6. The average molecular weight is 650 g/mol. The van der Waals surface area contributed by atoms with Gasteiger partial charge in [0, 0.05) is 38.0 Å². The molecule has 0 saturated carbocycles. The van der Waals surface area contributed by atoms with Crippen LogP contribution in [0.4, 0.5) is 5.69 Å². The Morgan fingerprint density at radius 2 is 1.71 bits per heavy atom. The van der Waals surface area contributed by atoms with E-state index in [1.807, 2.05) is 53.4 Å². The Morgan fingerprint density at radius 1 is 1.02 bits per heavy atom. The number of unbranched alkanes of at least 4 members (excludes halogenated alkanes) is 3. The summed E-state index contributed by atoms with van der Waals surface area (Å²) in [4.78, 5) is 49.2. The maximum absolute atomic E-state index is 14.9. The van der Waals surface area contributed by atoms with Gasteiger partial charge in [0.2, 0.25) is 11.8 Å². The second kappa shape index (κ2) is 14.6. The number of thioether (sulfide) groups is 1. The Balaban J connectivity index is 1.53. The molecular weight excluding hydrogens is 606 g/mol. The Kier molecular flexibility index (Phi) is 10.8. The van der Waals surface area contributed by atoms with Crippen molar-refractivity contribution < 1.29 is 19.5 Å². The second-order valence-corrected chi connectivity index (χ2v) is 14.4. The molecule has 3 aliphatic rings. The van der Waals surface area contributed by atoms with Gasteiger partial charge in [-0.15, -0.1) is 24.9 Å². The largest absolute Gasteiger partial charge is 0.396 e. The van der Waals surface area contributed by atoms with Crippen LogP contribution in [0.5, 0.6) is 0 Å². The minimum atomic E-state index is -0.742. The number of rotatable bonds is 15. The minimum absolute atomic E-state index is 0.0478. The highest BCUT2D eigenvalue weighted by Gasteiger charge is 2.76. The molecule has 2 bridgehead atoms. The lowest BCUT2D eigenvalue weighted by atomic mass is 9.65. The van der Waals surface area contributed by atoms with Crippen molar-refractivity contribution in [3.8, 4) is 0 Å². The van der Waals surface area contributed by atoms with Crippen molar-refractivity contribution in [1.82, 2.24) is 9.80 Å². The molecule has 240 valence electrons. The third kappa shape index (κ3) is 6.21. The zero-order valence-corrected chi connectivity index (χ0v) is 27.6. The molecule has 0 radical (unpaired) electrons. The maximum Gasteiger partial charge on any atom is 0.251 e. The monoisotopic (exact) mass is 649 g/mol. The quantitative estimate of drug-likeness (QED) is 0.190. The van der Waals surface area contributed by atoms with Crippen LogP contribution < -0.4 is 4.90 Å². The highest BCUT2D eigenvalue weighted by molar-refractivity contribution is 8.02. The second-order valence-electron chi connectivity index (χ2n) is 12.4. The first-order valence-corrected chi connectivity index (χ1v) is 17.2. The van der Waals surface area contributed by atoms with Gasteiger partial charge in [0.05, 0.1) is 27.3 Å². The van der Waals surface area contributed by atoms with E-state index in [0.29, 0.717) is 43.2 Å². The summed E-state index contributed by atoms with van der Waals surface area (Å²) < 4.78 is -0.739. The molecule has 45 heavy (non-hydrogen) atoms. The topological polar surface area (TPSA) is 81.2 Å². The Morgan fingerprint density at radius 3 is 2.40 bits per heavy atom. The fraction of sp³-hybridized carbons (Fsp3) is 0.472. The number of fused-ring (bicyclic) bond motifs is 1. The van der Waals surface area contributed by atoms with Gasteiger partial charge in [-0.05, 0) is 42.9 Å². The number of benzene rings is 2. The van der Waals surface area contributed by atoms with Gasteiger partial charge in [-0.25, -0.2) is 0 Å². The first-order chi connectivity index (χ1) is 21.8. The zero-order chi connectivity index (χ0) is 32.1. The standard InChI is InChI=1S/C36H44ClN3O4S/c1-4-19-38(24-26-15-9-8-10-16-26)33(42)30-29-23-25(3)36(45-29)31(30)34(43)40(21-13-6-7-14-22-41)32(36)35(44)39(20-5-2)28-18-12-11-17-27(28)37/h4-5,8-12,15-18,25,29-32,41H,1-2,6-7,13-14,19-24H2,3H3/t25?,29-,30+,31-,32?,36?/m0/s1. The predicted molar refractivity (Wildman–Crippen MR) is 182 cm³/mol. The van der Waals surface area contributed by atoms with Crippen molar-refractivity contribution in [2.24, 2.45) is 17.8 Å². The van der Waals surface area contributed by atoms with E-state index in [0.717, 1.165) is 24.8 Å². The summed E-state index contributed by atoms with van der Waals surface area (Å²) in [6.07, 6.45) is 7.27. The van der Waals surface area contributed by atoms with E-state index in [9.17, 15) is 19.5 Å². The van der Waals surface area contributed by atoms with Crippen LogP contribution in [0, 0.1) is 17.8 Å². The van der Waals surface area contributed by atoms with Gasteiger partial charge in [-0.2, -0.15) is 0 Å².